The molecule has 1 rings (SSSR count). The third-order valence-electron chi connectivity index (χ3n) is 1.87. The monoisotopic (exact) mass is 142 g/mol. The molecule has 51 valence electrons. The second-order valence-corrected chi connectivity index (χ2v) is 2.79. The Morgan fingerprint density at radius 3 is 2.44 bits per heavy atom. The molecule has 0 amide bonds. The van der Waals surface area contributed by atoms with Gasteiger partial charge in [0.25, 0.3) is 0 Å². The van der Waals surface area contributed by atoms with Crippen molar-refractivity contribution in [2.75, 3.05) is 0 Å². The summed E-state index contributed by atoms with van der Waals surface area (Å²) in [5.74, 6) is 0. The molecule has 1 N–H and O–H groups in total. The molecule has 0 aromatic carbocycles. The first kappa shape index (κ1) is 7.00. The van der Waals surface area contributed by atoms with E-state index in [2.05, 4.69) is 23.0 Å². The van der Waals surface area contributed by atoms with E-state index >= 15 is 0 Å². The van der Waals surface area contributed by atoms with Gasteiger partial charge in [-0.3, -0.25) is 0 Å². The molecule has 1 aliphatic carbocycles. The lowest BCUT2D eigenvalue weighted by Crippen LogP contribution is -2.28. The van der Waals surface area contributed by atoms with Gasteiger partial charge in [0.15, 0.2) is 0 Å². The van der Waals surface area contributed by atoms with Crippen LogP contribution in [0.3, 0.4) is 0 Å². The van der Waals surface area contributed by atoms with E-state index in [4.69, 9.17) is 0 Å². The van der Waals surface area contributed by atoms with Gasteiger partial charge in [0.2, 0.25) is 0 Å². The molecule has 0 heterocycles. The average Bonchev–Trinajstić information content (AvgIpc) is 1.91. The van der Waals surface area contributed by atoms with E-state index in [0.717, 1.165) is 0 Å². The highest BCUT2D eigenvalue weighted by molar-refractivity contribution is 7.78. The van der Waals surface area contributed by atoms with E-state index < -0.39 is 0 Å². The molecule has 1 fully saturated rings. The van der Waals surface area contributed by atoms with Crippen LogP contribution in [0.15, 0.2) is 0 Å². The van der Waals surface area contributed by atoms with Crippen molar-refractivity contribution in [1.29, 1.82) is 0 Å². The summed E-state index contributed by atoms with van der Waals surface area (Å²) in [5.41, 5.74) is 2.57. The molecule has 0 atom stereocenters. The lowest BCUT2D eigenvalue weighted by molar-refractivity contribution is 0.417. The van der Waals surface area contributed by atoms with Crippen LogP contribution in [0.2, 0.25) is 0 Å². The Morgan fingerprint density at radius 2 is 1.89 bits per heavy atom. The summed E-state index contributed by atoms with van der Waals surface area (Å²) < 4.78 is 0. The molecule has 0 spiro atoms. The fraction of sp³-hybridized carbons (Fsp3) is 0.857. The van der Waals surface area contributed by atoms with Gasteiger partial charge in [-0.25, -0.2) is 0 Å². The molecule has 0 saturated heterocycles. The van der Waals surface area contributed by atoms with Gasteiger partial charge < -0.3 is 5.32 Å². The van der Waals surface area contributed by atoms with Crippen LogP contribution >= 0.6 is 12.2 Å². The molecule has 2 heteroatoms. The lowest BCUT2D eigenvalue weighted by Gasteiger charge is -2.20. The molecular weight excluding hydrogens is 130 g/mol. The normalized spacial score (nSPS) is 21.3. The van der Waals surface area contributed by atoms with Crippen LogP contribution < -0.4 is 5.32 Å². The Bertz CT molecular complexity index is 86.9. The fourth-order valence-electron chi connectivity index (χ4n) is 1.33. The Morgan fingerprint density at radius 1 is 1.22 bits per heavy atom. The van der Waals surface area contributed by atoms with E-state index in [1.54, 1.807) is 0 Å². The third-order valence-corrected chi connectivity index (χ3v) is 1.99. The Kier molecular flexibility index (Phi) is 2.98. The summed E-state index contributed by atoms with van der Waals surface area (Å²) in [6.45, 7) is 0. The SMILES string of the molecule is S=[C]NC1CCCCC1. The summed E-state index contributed by atoms with van der Waals surface area (Å²) in [6, 6.07) is 0.635. The summed E-state index contributed by atoms with van der Waals surface area (Å²) in [4.78, 5) is 0. The largest absolute Gasteiger partial charge is 0.371 e. The van der Waals surface area contributed by atoms with Crippen LogP contribution in [0, 0.1) is 0 Å². The van der Waals surface area contributed by atoms with Crippen LogP contribution in [0.1, 0.15) is 32.1 Å². The molecular formula is C7H12NS. The minimum atomic E-state index is 0.635. The van der Waals surface area contributed by atoms with E-state index in [0.29, 0.717) is 6.04 Å². The Balaban J connectivity index is 2.15. The van der Waals surface area contributed by atoms with Crippen molar-refractivity contribution in [3.63, 3.8) is 0 Å². The fourth-order valence-corrected chi connectivity index (χ4v) is 1.50. The van der Waals surface area contributed by atoms with Crippen molar-refractivity contribution in [2.24, 2.45) is 0 Å². The highest BCUT2D eigenvalue weighted by Crippen LogP contribution is 2.16. The van der Waals surface area contributed by atoms with Crippen molar-refractivity contribution >= 4 is 17.7 Å². The van der Waals surface area contributed by atoms with E-state index in [1.807, 2.05) is 0 Å². The van der Waals surface area contributed by atoms with Gasteiger partial charge in [0.05, 0.1) is 0 Å². The van der Waals surface area contributed by atoms with Crippen molar-refractivity contribution in [3.05, 3.63) is 0 Å². The van der Waals surface area contributed by atoms with Gasteiger partial charge in [0, 0.05) is 6.04 Å². The van der Waals surface area contributed by atoms with Crippen LogP contribution in [0.4, 0.5) is 0 Å². The summed E-state index contributed by atoms with van der Waals surface area (Å²) in [6.07, 6.45) is 6.67. The van der Waals surface area contributed by atoms with Crippen LogP contribution in [-0.4, -0.2) is 11.5 Å². The smallest absolute Gasteiger partial charge is 0.134 e. The number of nitrogens with one attached hydrogen (secondary N) is 1. The number of rotatable bonds is 2. The molecule has 0 aromatic heterocycles. The summed E-state index contributed by atoms with van der Waals surface area (Å²) in [7, 11) is 0. The van der Waals surface area contributed by atoms with E-state index in [1.165, 1.54) is 32.1 Å². The van der Waals surface area contributed by atoms with Gasteiger partial charge in [-0.1, -0.05) is 31.5 Å². The van der Waals surface area contributed by atoms with Crippen molar-refractivity contribution in [3.8, 4) is 0 Å². The van der Waals surface area contributed by atoms with Gasteiger partial charge in [-0.15, -0.1) is 0 Å². The molecule has 0 unspecified atom stereocenters. The second kappa shape index (κ2) is 3.83. The molecule has 9 heavy (non-hydrogen) atoms. The second-order valence-electron chi connectivity index (χ2n) is 2.58. The first-order valence-corrected chi connectivity index (χ1v) is 3.97. The van der Waals surface area contributed by atoms with E-state index in [-0.39, 0.29) is 0 Å². The molecule has 0 aliphatic heterocycles. The third kappa shape index (κ3) is 2.31. The zero-order chi connectivity index (χ0) is 6.53. The quantitative estimate of drug-likeness (QED) is 0.465. The topological polar surface area (TPSA) is 12.0 Å². The Hall–Kier alpha value is -0.110. The van der Waals surface area contributed by atoms with Gasteiger partial charge in [-0.2, -0.15) is 0 Å². The highest BCUT2D eigenvalue weighted by atomic mass is 32.1. The Labute approximate surface area is 61.8 Å². The summed E-state index contributed by atoms with van der Waals surface area (Å²) >= 11 is 4.57. The average molecular weight is 142 g/mol. The molecule has 0 bridgehead atoms. The zero-order valence-corrected chi connectivity index (χ0v) is 6.34. The maximum Gasteiger partial charge on any atom is 0.134 e. The van der Waals surface area contributed by atoms with Crippen LogP contribution in [0.5, 0.6) is 0 Å². The van der Waals surface area contributed by atoms with Crippen LogP contribution in [-0.2, 0) is 0 Å². The number of hydrogen-bond donors (Lipinski definition) is 1. The van der Waals surface area contributed by atoms with Gasteiger partial charge >= 0.3 is 0 Å². The molecule has 1 nitrogen and oxygen atoms in total. The van der Waals surface area contributed by atoms with Crippen LogP contribution in [0.25, 0.3) is 0 Å². The maximum atomic E-state index is 4.57. The molecule has 1 saturated carbocycles. The standard InChI is InChI=1S/C7H12NS/c9-6-8-7-4-2-1-3-5-7/h7H,1-5H2,(H,8,9). The minimum absolute atomic E-state index is 0.635. The molecule has 0 aromatic rings. The van der Waals surface area contributed by atoms with Gasteiger partial charge in [0.1, 0.15) is 5.49 Å². The van der Waals surface area contributed by atoms with Crippen molar-refractivity contribution in [1.82, 2.24) is 5.32 Å². The molecule has 1 aliphatic rings. The predicted octanol–water partition coefficient (Wildman–Crippen LogP) is 1.74. The first-order valence-electron chi connectivity index (χ1n) is 3.56. The molecule has 1 radical (unpaired) electrons. The summed E-state index contributed by atoms with van der Waals surface area (Å²) in [5, 5.41) is 3.05. The predicted molar refractivity (Wildman–Crippen MR) is 42.6 cm³/mol. The maximum absolute atomic E-state index is 4.57. The minimum Gasteiger partial charge on any atom is -0.371 e. The highest BCUT2D eigenvalue weighted by Gasteiger charge is 2.10. The van der Waals surface area contributed by atoms with Crippen molar-refractivity contribution < 1.29 is 0 Å². The lowest BCUT2D eigenvalue weighted by atomic mass is 9.96. The van der Waals surface area contributed by atoms with E-state index in [9.17, 15) is 0 Å². The first-order chi connectivity index (χ1) is 4.43. The number of hydrogen-bond acceptors (Lipinski definition) is 1. The zero-order valence-electron chi connectivity index (χ0n) is 5.52. The van der Waals surface area contributed by atoms with Gasteiger partial charge in [-0.05, 0) is 12.8 Å². The van der Waals surface area contributed by atoms with Crippen molar-refractivity contribution in [2.45, 2.75) is 38.1 Å². The number of thiocarbonyl (C=S) groups is 1.